The molecule has 1 aromatic carbocycles. The molecule has 0 amide bonds. The molecule has 0 aromatic heterocycles. The molecule has 0 nitrogen and oxygen atoms in total. The topological polar surface area (TPSA) is 0 Å². The second-order valence-corrected chi connectivity index (χ2v) is 1.94. The van der Waals surface area contributed by atoms with Crippen molar-refractivity contribution in [3.05, 3.63) is 30.3 Å². The first-order valence-electron chi connectivity index (χ1n) is 2.16. The van der Waals surface area contributed by atoms with Gasteiger partial charge in [-0.3, -0.25) is 0 Å². The normalized spacial score (nSPS) is 7.62. The molecule has 0 saturated heterocycles. The summed E-state index contributed by atoms with van der Waals surface area (Å²) in [5.41, 5.74) is 0. The van der Waals surface area contributed by atoms with Crippen LogP contribution >= 0.6 is 0 Å². The lowest BCUT2D eigenvalue weighted by Crippen LogP contribution is -1.97. The van der Waals surface area contributed by atoms with E-state index < -0.39 is 0 Å². The van der Waals surface area contributed by atoms with Gasteiger partial charge in [-0.15, -0.1) is 0 Å². The van der Waals surface area contributed by atoms with Gasteiger partial charge in [0, 0.05) is 11.0 Å². The highest BCUT2D eigenvalue weighted by Crippen LogP contribution is 1.76. The fourth-order valence-corrected chi connectivity index (χ4v) is 0.631. The van der Waals surface area contributed by atoms with Crippen LogP contribution in [0.5, 0.6) is 0 Å². The Morgan fingerprint density at radius 1 is 1.00 bits per heavy atom. The van der Waals surface area contributed by atoms with Crippen LogP contribution in [0.1, 0.15) is 0 Å². The van der Waals surface area contributed by atoms with Crippen molar-refractivity contribution in [3.63, 3.8) is 0 Å². The first-order chi connectivity index (χ1) is 3.39. The van der Waals surface area contributed by atoms with Crippen molar-refractivity contribution < 1.29 is 0 Å². The van der Waals surface area contributed by atoms with Gasteiger partial charge in [0.1, 0.15) is 0 Å². The molecule has 0 N–H and O–H groups in total. The second-order valence-electron chi connectivity index (χ2n) is 1.37. The zero-order valence-corrected chi connectivity index (χ0v) is 6.39. The van der Waals surface area contributed by atoms with Crippen LogP contribution in [-0.4, -0.2) is 21.2 Å². The molecule has 0 atom stereocenters. The second kappa shape index (κ2) is 3.63. The van der Waals surface area contributed by atoms with Crippen molar-refractivity contribution in [2.45, 2.75) is 0 Å². The van der Waals surface area contributed by atoms with Crippen LogP contribution in [0.3, 0.4) is 0 Å². The Morgan fingerprint density at radius 2 is 1.50 bits per heavy atom. The average molecular weight is 133 g/mol. The fraction of sp³-hybridized carbons (Fsp3) is 0. The maximum Gasteiger partial charge on any atom is 0.0711 e. The third-order valence-corrected chi connectivity index (χ3v) is 1.11. The Balaban J connectivity index is 0.000000490. The van der Waals surface area contributed by atoms with Gasteiger partial charge in [-0.25, -0.2) is 0 Å². The Morgan fingerprint density at radius 3 is 1.75 bits per heavy atom. The molecular weight excluding hydrogens is 128 g/mol. The number of hydrogen-bond acceptors (Lipinski definition) is 0. The predicted octanol–water partition coefficient (Wildman–Crippen LogP) is 0.0996. The van der Waals surface area contributed by atoms with Crippen molar-refractivity contribution in [2.24, 2.45) is 0 Å². The summed E-state index contributed by atoms with van der Waals surface area (Å²) in [6.45, 7) is 0. The summed E-state index contributed by atoms with van der Waals surface area (Å²) in [5, 5.41) is 1.13. The van der Waals surface area contributed by atoms with E-state index in [0.29, 0.717) is 0 Å². The minimum absolute atomic E-state index is 0. The van der Waals surface area contributed by atoms with Crippen LogP contribution < -0.4 is 5.19 Å². The van der Waals surface area contributed by atoms with Gasteiger partial charge >= 0.3 is 0 Å². The molecule has 7 radical (unpaired) electrons. The Hall–Kier alpha value is -0.346. The molecule has 1 rings (SSSR count). The highest BCUT2D eigenvalue weighted by Gasteiger charge is 1.72. The molecule has 0 saturated carbocycles. The van der Waals surface area contributed by atoms with Crippen LogP contribution in [0.2, 0.25) is 0 Å². The summed E-state index contributed by atoms with van der Waals surface area (Å²) < 4.78 is 0. The smallest absolute Gasteiger partial charge is 0.0674 e. The molecule has 37 valence electrons. The lowest BCUT2D eigenvalue weighted by atomic mass is 10.4. The van der Waals surface area contributed by atoms with E-state index in [2.05, 4.69) is 10.2 Å². The molecule has 0 heterocycles. The lowest BCUT2D eigenvalue weighted by molar-refractivity contribution is 1.78. The summed E-state index contributed by atoms with van der Waals surface area (Å²) >= 11 is 0. The standard InChI is InChI=1S/C6H5Si.Si/c7-6-4-2-1-3-5-6;/h1-5H;. The zero-order valence-electron chi connectivity index (χ0n) is 4.39. The SMILES string of the molecule is [Si].[Si]c1ccccc1. The monoisotopic (exact) mass is 133 g/mol. The molecular formula is C6H5Si2. The molecule has 1 aromatic rings. The van der Waals surface area contributed by atoms with E-state index in [1.165, 1.54) is 0 Å². The minimum atomic E-state index is 0. The van der Waals surface area contributed by atoms with E-state index in [4.69, 9.17) is 0 Å². The van der Waals surface area contributed by atoms with Crippen molar-refractivity contribution in [3.8, 4) is 0 Å². The van der Waals surface area contributed by atoms with Crippen molar-refractivity contribution in [1.82, 2.24) is 0 Å². The van der Waals surface area contributed by atoms with E-state index in [1.807, 2.05) is 30.3 Å². The maximum atomic E-state index is 3.36. The average Bonchev–Trinajstić information content (AvgIpc) is 1.69. The van der Waals surface area contributed by atoms with Crippen molar-refractivity contribution in [1.29, 1.82) is 0 Å². The molecule has 0 aliphatic heterocycles. The van der Waals surface area contributed by atoms with Gasteiger partial charge in [0.25, 0.3) is 0 Å². The first-order valence-corrected chi connectivity index (χ1v) is 2.66. The molecule has 0 fully saturated rings. The minimum Gasteiger partial charge on any atom is -0.0674 e. The van der Waals surface area contributed by atoms with E-state index in [-0.39, 0.29) is 11.0 Å². The maximum absolute atomic E-state index is 3.36. The molecule has 0 aliphatic rings. The van der Waals surface area contributed by atoms with E-state index in [9.17, 15) is 0 Å². The van der Waals surface area contributed by atoms with E-state index >= 15 is 0 Å². The summed E-state index contributed by atoms with van der Waals surface area (Å²) in [5.74, 6) is 0. The summed E-state index contributed by atoms with van der Waals surface area (Å²) in [6, 6.07) is 9.96. The summed E-state index contributed by atoms with van der Waals surface area (Å²) in [4.78, 5) is 0. The summed E-state index contributed by atoms with van der Waals surface area (Å²) in [7, 11) is 3.36. The molecule has 0 spiro atoms. The highest BCUT2D eigenvalue weighted by atomic mass is 28.1. The number of benzene rings is 1. The van der Waals surface area contributed by atoms with Gasteiger partial charge in [-0.1, -0.05) is 35.5 Å². The largest absolute Gasteiger partial charge is 0.0711 e. The lowest BCUT2D eigenvalue weighted by Gasteiger charge is -1.82. The van der Waals surface area contributed by atoms with Crippen LogP contribution in [0, 0.1) is 0 Å². The number of rotatable bonds is 0. The molecule has 0 bridgehead atoms. The predicted molar refractivity (Wildman–Crippen MR) is 37.6 cm³/mol. The molecule has 0 aliphatic carbocycles. The zero-order chi connectivity index (χ0) is 5.11. The third kappa shape index (κ3) is 2.09. The number of hydrogen-bond donors (Lipinski definition) is 0. The first kappa shape index (κ1) is 7.65. The summed E-state index contributed by atoms with van der Waals surface area (Å²) in [6.07, 6.45) is 0. The highest BCUT2D eigenvalue weighted by molar-refractivity contribution is 6.32. The van der Waals surface area contributed by atoms with Crippen molar-refractivity contribution >= 4 is 26.4 Å². The van der Waals surface area contributed by atoms with Gasteiger partial charge in [0.15, 0.2) is 0 Å². The van der Waals surface area contributed by atoms with Gasteiger partial charge in [-0.2, -0.15) is 0 Å². The Bertz CT molecular complexity index is 136. The van der Waals surface area contributed by atoms with E-state index in [1.54, 1.807) is 0 Å². The van der Waals surface area contributed by atoms with E-state index in [0.717, 1.165) is 5.19 Å². The van der Waals surface area contributed by atoms with Crippen LogP contribution in [0.15, 0.2) is 30.3 Å². The van der Waals surface area contributed by atoms with Crippen LogP contribution in [0.25, 0.3) is 0 Å². The van der Waals surface area contributed by atoms with Gasteiger partial charge in [0.05, 0.1) is 10.2 Å². The molecule has 0 unspecified atom stereocenters. The Labute approximate surface area is 57.4 Å². The van der Waals surface area contributed by atoms with Crippen LogP contribution in [-0.2, 0) is 0 Å². The van der Waals surface area contributed by atoms with Gasteiger partial charge in [0.2, 0.25) is 0 Å². The van der Waals surface area contributed by atoms with Gasteiger partial charge < -0.3 is 0 Å². The third-order valence-electron chi connectivity index (χ3n) is 0.774. The van der Waals surface area contributed by atoms with Crippen molar-refractivity contribution in [2.75, 3.05) is 0 Å². The molecule has 8 heavy (non-hydrogen) atoms. The molecule has 2 heteroatoms. The van der Waals surface area contributed by atoms with Crippen LogP contribution in [0.4, 0.5) is 0 Å². The fourth-order valence-electron chi connectivity index (χ4n) is 0.438. The quantitative estimate of drug-likeness (QED) is 0.440. The van der Waals surface area contributed by atoms with Gasteiger partial charge in [-0.05, 0) is 0 Å². The Kier molecular flexibility index (Phi) is 3.47.